The molecule has 0 saturated carbocycles. The third-order valence-corrected chi connectivity index (χ3v) is 4.36. The van der Waals surface area contributed by atoms with Gasteiger partial charge in [0.05, 0.1) is 0 Å². The number of hydrogen-bond donors (Lipinski definition) is 0. The SMILES string of the molecule is COC(=O)CCC(=O)Oc1ccc(OC(C)C)c([CH]=[Ru]([Cl])[Cl])c1. The van der Waals surface area contributed by atoms with Crippen LogP contribution in [0.25, 0.3) is 0 Å². The molecule has 0 aliphatic carbocycles. The Balaban J connectivity index is 2.86. The molecule has 0 radical (unpaired) electrons. The molecule has 0 aromatic heterocycles. The Morgan fingerprint density at radius 2 is 1.87 bits per heavy atom. The van der Waals surface area contributed by atoms with Gasteiger partial charge >= 0.3 is 148 Å². The van der Waals surface area contributed by atoms with E-state index in [1.54, 1.807) is 22.8 Å². The van der Waals surface area contributed by atoms with Gasteiger partial charge < -0.3 is 0 Å². The predicted molar refractivity (Wildman–Crippen MR) is 86.0 cm³/mol. The molecular formula is C15H18Cl2O5Ru. The van der Waals surface area contributed by atoms with Crippen molar-refractivity contribution in [3.05, 3.63) is 23.8 Å². The van der Waals surface area contributed by atoms with E-state index >= 15 is 0 Å². The van der Waals surface area contributed by atoms with Gasteiger partial charge in [0.1, 0.15) is 0 Å². The van der Waals surface area contributed by atoms with Crippen molar-refractivity contribution < 1.29 is 37.3 Å². The van der Waals surface area contributed by atoms with Crippen molar-refractivity contribution in [2.75, 3.05) is 7.11 Å². The molecule has 0 spiro atoms. The van der Waals surface area contributed by atoms with Crippen LogP contribution in [0.15, 0.2) is 18.2 Å². The molecule has 0 bridgehead atoms. The summed E-state index contributed by atoms with van der Waals surface area (Å²) in [6, 6.07) is 4.95. The fourth-order valence-corrected chi connectivity index (χ4v) is 3.39. The van der Waals surface area contributed by atoms with Gasteiger partial charge in [-0.05, 0) is 0 Å². The molecule has 0 fully saturated rings. The van der Waals surface area contributed by atoms with Gasteiger partial charge in [-0.15, -0.1) is 0 Å². The van der Waals surface area contributed by atoms with Gasteiger partial charge in [-0.1, -0.05) is 0 Å². The monoisotopic (exact) mass is 450 g/mol. The minimum atomic E-state index is -2.06. The van der Waals surface area contributed by atoms with Crippen LogP contribution in [0.4, 0.5) is 0 Å². The van der Waals surface area contributed by atoms with Crippen LogP contribution in [-0.4, -0.2) is 29.8 Å². The second-order valence-corrected chi connectivity index (χ2v) is 10.4. The summed E-state index contributed by atoms with van der Waals surface area (Å²) in [5.41, 5.74) is 0.681. The molecule has 1 aromatic rings. The standard InChI is InChI=1S/C15H18O5.2ClH.Ru/c1-10(2)19-13-6-5-12(9-11(13)3)20-15(17)8-7-14(16)18-4;;;/h3,5-6,9-10H,7-8H2,1-2,4H3;2*1H;/q;;;+2/p-2. The van der Waals surface area contributed by atoms with Crippen molar-refractivity contribution >= 4 is 35.9 Å². The first-order valence-electron chi connectivity index (χ1n) is 6.73. The third kappa shape index (κ3) is 7.91. The van der Waals surface area contributed by atoms with E-state index in [4.69, 9.17) is 28.9 Å². The van der Waals surface area contributed by atoms with E-state index in [2.05, 4.69) is 4.74 Å². The van der Waals surface area contributed by atoms with E-state index in [0.717, 1.165) is 0 Å². The molecule has 0 aliphatic rings. The van der Waals surface area contributed by atoms with Crippen LogP contribution in [0.5, 0.6) is 11.5 Å². The fraction of sp³-hybridized carbons (Fsp3) is 0.400. The topological polar surface area (TPSA) is 61.8 Å². The Labute approximate surface area is 148 Å². The van der Waals surface area contributed by atoms with Crippen LogP contribution in [0.1, 0.15) is 32.3 Å². The van der Waals surface area contributed by atoms with E-state index in [1.807, 2.05) is 13.8 Å². The molecule has 0 atom stereocenters. The minimum absolute atomic E-state index is 0.0121. The van der Waals surface area contributed by atoms with E-state index in [1.165, 1.54) is 7.11 Å². The van der Waals surface area contributed by atoms with Crippen LogP contribution in [0, 0.1) is 0 Å². The Morgan fingerprint density at radius 3 is 2.43 bits per heavy atom. The first kappa shape index (κ1) is 20.1. The summed E-state index contributed by atoms with van der Waals surface area (Å²) in [4.78, 5) is 22.7. The van der Waals surface area contributed by atoms with Crippen molar-refractivity contribution in [2.45, 2.75) is 32.8 Å². The van der Waals surface area contributed by atoms with Gasteiger partial charge in [-0.25, -0.2) is 0 Å². The predicted octanol–water partition coefficient (Wildman–Crippen LogP) is 3.41. The molecule has 130 valence electrons. The Morgan fingerprint density at radius 1 is 1.22 bits per heavy atom. The van der Waals surface area contributed by atoms with Crippen molar-refractivity contribution in [1.29, 1.82) is 0 Å². The van der Waals surface area contributed by atoms with Gasteiger partial charge in [0.15, 0.2) is 0 Å². The number of hydrogen-bond acceptors (Lipinski definition) is 5. The Hall–Kier alpha value is -0.967. The molecule has 0 saturated heterocycles. The van der Waals surface area contributed by atoms with Crippen molar-refractivity contribution in [2.24, 2.45) is 0 Å². The van der Waals surface area contributed by atoms with Gasteiger partial charge in [0.25, 0.3) is 0 Å². The summed E-state index contributed by atoms with van der Waals surface area (Å²) in [5.74, 6) is -0.0277. The molecule has 0 amide bonds. The first-order chi connectivity index (χ1) is 10.8. The number of rotatable bonds is 7. The van der Waals surface area contributed by atoms with E-state index in [-0.39, 0.29) is 18.9 Å². The van der Waals surface area contributed by atoms with Crippen LogP contribution >= 0.6 is 19.4 Å². The van der Waals surface area contributed by atoms with Gasteiger partial charge in [0, 0.05) is 0 Å². The summed E-state index contributed by atoms with van der Waals surface area (Å²) < 4.78 is 17.1. The average Bonchev–Trinajstić information content (AvgIpc) is 2.46. The zero-order valence-electron chi connectivity index (χ0n) is 13.0. The van der Waals surface area contributed by atoms with Gasteiger partial charge in [0.2, 0.25) is 0 Å². The van der Waals surface area contributed by atoms with Crippen molar-refractivity contribution in [1.82, 2.24) is 0 Å². The van der Waals surface area contributed by atoms with Crippen LogP contribution in [0.2, 0.25) is 0 Å². The quantitative estimate of drug-likeness (QED) is 0.362. The summed E-state index contributed by atoms with van der Waals surface area (Å²) in [6.07, 6.45) is -0.0954. The molecule has 0 N–H and O–H groups in total. The number of methoxy groups -OCH3 is 1. The molecule has 0 heterocycles. The molecule has 1 aromatic carbocycles. The van der Waals surface area contributed by atoms with Crippen LogP contribution < -0.4 is 9.47 Å². The van der Waals surface area contributed by atoms with Crippen molar-refractivity contribution in [3.63, 3.8) is 0 Å². The maximum atomic E-state index is 11.7. The molecule has 1 rings (SSSR count). The summed E-state index contributed by atoms with van der Waals surface area (Å²) in [5, 5.41) is 0. The Bertz CT molecular complexity index is 598. The molecule has 23 heavy (non-hydrogen) atoms. The number of ether oxygens (including phenoxy) is 3. The van der Waals surface area contributed by atoms with Crippen molar-refractivity contribution in [3.8, 4) is 11.5 Å². The second kappa shape index (κ2) is 10.0. The summed E-state index contributed by atoms with van der Waals surface area (Å²) in [7, 11) is 13.1. The first-order valence-corrected chi connectivity index (χ1v) is 12.2. The number of benzene rings is 1. The van der Waals surface area contributed by atoms with E-state index in [9.17, 15) is 9.59 Å². The number of carbonyl (C=O) groups is 2. The molecule has 0 aliphatic heterocycles. The third-order valence-electron chi connectivity index (χ3n) is 2.52. The summed E-state index contributed by atoms with van der Waals surface area (Å²) >= 11 is -2.06. The molecule has 8 heteroatoms. The Kier molecular flexibility index (Phi) is 8.74. The van der Waals surface area contributed by atoms with E-state index in [0.29, 0.717) is 17.1 Å². The van der Waals surface area contributed by atoms with Crippen LogP contribution in [0.3, 0.4) is 0 Å². The number of halogens is 2. The normalized spacial score (nSPS) is 11.0. The average molecular weight is 450 g/mol. The zero-order chi connectivity index (χ0) is 17.4. The molecule has 5 nitrogen and oxygen atoms in total. The fourth-order valence-electron chi connectivity index (χ4n) is 1.60. The van der Waals surface area contributed by atoms with Crippen LogP contribution in [-0.2, 0) is 27.8 Å². The number of esters is 2. The maximum absolute atomic E-state index is 11.7. The van der Waals surface area contributed by atoms with Gasteiger partial charge in [-0.3, -0.25) is 0 Å². The molecular weight excluding hydrogens is 432 g/mol. The zero-order valence-corrected chi connectivity index (χ0v) is 16.2. The molecule has 0 unspecified atom stereocenters. The van der Waals surface area contributed by atoms with E-state index < -0.39 is 25.5 Å². The summed E-state index contributed by atoms with van der Waals surface area (Å²) in [6.45, 7) is 3.81. The second-order valence-electron chi connectivity index (χ2n) is 4.72. The van der Waals surface area contributed by atoms with Gasteiger partial charge in [-0.2, -0.15) is 0 Å². The number of carbonyl (C=O) groups excluding carboxylic acids is 2.